The highest BCUT2D eigenvalue weighted by atomic mass is 16.1. The van der Waals surface area contributed by atoms with E-state index in [1.165, 1.54) is 43.2 Å². The molecule has 1 saturated carbocycles. The lowest BCUT2D eigenvalue weighted by molar-refractivity contribution is -0.120. The first kappa shape index (κ1) is 19.5. The number of nitrogens with one attached hydrogen (secondary N) is 2. The summed E-state index contributed by atoms with van der Waals surface area (Å²) in [6.45, 7) is 5.03. The molecular formula is C21H31N3O. The molecule has 0 aliphatic heterocycles. The summed E-state index contributed by atoms with van der Waals surface area (Å²) in [5.74, 6) is 1.06. The summed E-state index contributed by atoms with van der Waals surface area (Å²) in [6, 6.07) is 11.2. The van der Waals surface area contributed by atoms with E-state index in [0.717, 1.165) is 5.92 Å². The van der Waals surface area contributed by atoms with Gasteiger partial charge in [-0.15, -0.1) is 0 Å². The van der Waals surface area contributed by atoms with Gasteiger partial charge in [0.15, 0.2) is 0 Å². The third-order valence-corrected chi connectivity index (χ3v) is 5.08. The molecule has 4 heteroatoms. The van der Waals surface area contributed by atoms with Crippen molar-refractivity contribution < 1.29 is 4.79 Å². The number of carbonyl (C=O) groups is 1. The molecule has 25 heavy (non-hydrogen) atoms. The number of amides is 1. The number of carbonyl (C=O) groups excluding carboxylic acids is 1. The van der Waals surface area contributed by atoms with Crippen molar-refractivity contribution in [2.24, 2.45) is 5.92 Å². The second-order valence-corrected chi connectivity index (χ2v) is 7.36. The Kier molecular flexibility index (Phi) is 7.94. The zero-order valence-electron chi connectivity index (χ0n) is 15.6. The van der Waals surface area contributed by atoms with Crippen LogP contribution in [0.3, 0.4) is 0 Å². The second kappa shape index (κ2) is 10.2. The fraction of sp³-hybridized carbons (Fsp3) is 0.619. The average Bonchev–Trinajstić information content (AvgIpc) is 2.63. The zero-order valence-corrected chi connectivity index (χ0v) is 15.6. The summed E-state index contributed by atoms with van der Waals surface area (Å²) < 4.78 is 0. The number of hydrogen-bond donors (Lipinski definition) is 2. The van der Waals surface area contributed by atoms with Crippen molar-refractivity contribution in [3.8, 4) is 6.07 Å². The molecule has 0 spiro atoms. The number of nitrogens with zero attached hydrogens (tertiary/aromatic N) is 1. The van der Waals surface area contributed by atoms with Crippen molar-refractivity contribution in [2.75, 3.05) is 13.1 Å². The van der Waals surface area contributed by atoms with Crippen LogP contribution in [0.1, 0.15) is 75.5 Å². The van der Waals surface area contributed by atoms with Gasteiger partial charge in [0.2, 0.25) is 5.91 Å². The number of nitriles is 1. The van der Waals surface area contributed by atoms with E-state index in [4.69, 9.17) is 5.26 Å². The van der Waals surface area contributed by atoms with E-state index < -0.39 is 0 Å². The Hall–Kier alpha value is -1.86. The van der Waals surface area contributed by atoms with E-state index in [-0.39, 0.29) is 18.5 Å². The highest BCUT2D eigenvalue weighted by molar-refractivity contribution is 5.78. The van der Waals surface area contributed by atoms with Crippen molar-refractivity contribution in [2.45, 2.75) is 64.3 Å². The highest BCUT2D eigenvalue weighted by Gasteiger charge is 2.19. The minimum Gasteiger partial charge on any atom is -0.354 e. The van der Waals surface area contributed by atoms with Gasteiger partial charge in [0.25, 0.3) is 0 Å². The van der Waals surface area contributed by atoms with Crippen LogP contribution in [0.5, 0.6) is 0 Å². The summed E-state index contributed by atoms with van der Waals surface area (Å²) in [6.07, 6.45) is 7.06. The normalized spacial score (nSPS) is 16.4. The van der Waals surface area contributed by atoms with Gasteiger partial charge in [-0.1, -0.05) is 57.4 Å². The first-order valence-corrected chi connectivity index (χ1v) is 9.58. The first-order valence-electron chi connectivity index (χ1n) is 9.58. The molecule has 2 N–H and O–H groups in total. The van der Waals surface area contributed by atoms with Gasteiger partial charge in [-0.3, -0.25) is 4.79 Å². The number of benzene rings is 1. The van der Waals surface area contributed by atoms with Gasteiger partial charge in [0.05, 0.1) is 19.0 Å². The molecule has 4 nitrogen and oxygen atoms in total. The van der Waals surface area contributed by atoms with Crippen LogP contribution in [-0.4, -0.2) is 19.0 Å². The number of rotatable bonds is 8. The van der Waals surface area contributed by atoms with Crippen LogP contribution in [0.2, 0.25) is 0 Å². The Morgan fingerprint density at radius 2 is 1.88 bits per heavy atom. The molecule has 0 aromatic heterocycles. The quantitative estimate of drug-likeness (QED) is 0.701. The molecule has 2 rings (SSSR count). The van der Waals surface area contributed by atoms with Crippen LogP contribution in [-0.2, 0) is 4.79 Å². The fourth-order valence-corrected chi connectivity index (χ4v) is 3.67. The Bertz CT molecular complexity index is 568. The summed E-state index contributed by atoms with van der Waals surface area (Å²) >= 11 is 0. The maximum absolute atomic E-state index is 11.9. The molecule has 1 atom stereocenters. The van der Waals surface area contributed by atoms with Crippen LogP contribution in [0.15, 0.2) is 24.3 Å². The van der Waals surface area contributed by atoms with Gasteiger partial charge in [-0.25, -0.2) is 0 Å². The maximum Gasteiger partial charge on any atom is 0.234 e. The molecule has 1 fully saturated rings. The average molecular weight is 341 g/mol. The molecule has 0 bridgehead atoms. The predicted molar refractivity (Wildman–Crippen MR) is 101 cm³/mol. The number of hydrogen-bond acceptors (Lipinski definition) is 3. The molecule has 1 amide bonds. The van der Waals surface area contributed by atoms with Gasteiger partial charge >= 0.3 is 0 Å². The molecule has 0 heterocycles. The van der Waals surface area contributed by atoms with Gasteiger partial charge in [0, 0.05) is 12.6 Å². The van der Waals surface area contributed by atoms with Gasteiger partial charge in [-0.05, 0) is 35.8 Å². The monoisotopic (exact) mass is 341 g/mol. The third-order valence-electron chi connectivity index (χ3n) is 5.08. The van der Waals surface area contributed by atoms with Crippen LogP contribution in [0.25, 0.3) is 0 Å². The molecule has 0 radical (unpaired) electrons. The van der Waals surface area contributed by atoms with E-state index in [1.807, 2.05) is 6.07 Å². The van der Waals surface area contributed by atoms with Crippen molar-refractivity contribution in [3.63, 3.8) is 0 Å². The van der Waals surface area contributed by atoms with Crippen LogP contribution >= 0.6 is 0 Å². The topological polar surface area (TPSA) is 64.9 Å². The van der Waals surface area contributed by atoms with Crippen LogP contribution in [0, 0.1) is 17.2 Å². The first-order chi connectivity index (χ1) is 12.1. The molecule has 1 aliphatic rings. The van der Waals surface area contributed by atoms with Crippen molar-refractivity contribution in [1.82, 2.24) is 10.6 Å². The Balaban J connectivity index is 1.92. The second-order valence-electron chi connectivity index (χ2n) is 7.36. The molecule has 136 valence electrons. The van der Waals surface area contributed by atoms with E-state index >= 15 is 0 Å². The lowest BCUT2D eigenvalue weighted by Gasteiger charge is -2.25. The molecule has 1 aromatic rings. The molecule has 1 aliphatic carbocycles. The van der Waals surface area contributed by atoms with E-state index in [9.17, 15) is 4.79 Å². The Morgan fingerprint density at radius 3 is 2.48 bits per heavy atom. The smallest absolute Gasteiger partial charge is 0.234 e. The lowest BCUT2D eigenvalue weighted by Crippen LogP contribution is -2.37. The summed E-state index contributed by atoms with van der Waals surface area (Å²) in [5, 5.41) is 14.6. The minimum atomic E-state index is -0.0558. The van der Waals surface area contributed by atoms with Crippen molar-refractivity contribution in [3.05, 3.63) is 35.4 Å². The standard InChI is InChI=1S/C21H31N3O/c1-16(2)21(24-15-20(25)23-14-6-13-22)19-11-9-18(10-12-19)17-7-4-3-5-8-17/h9-12,16-17,21,24H,3-8,14-15H2,1-2H3,(H,23,25)/t21-/m1/s1. The van der Waals surface area contributed by atoms with Crippen LogP contribution < -0.4 is 10.6 Å². The van der Waals surface area contributed by atoms with Crippen molar-refractivity contribution in [1.29, 1.82) is 5.26 Å². The van der Waals surface area contributed by atoms with Crippen LogP contribution in [0.4, 0.5) is 0 Å². The third kappa shape index (κ3) is 6.17. The lowest BCUT2D eigenvalue weighted by atomic mass is 9.83. The van der Waals surface area contributed by atoms with Gasteiger partial charge in [0.1, 0.15) is 0 Å². The van der Waals surface area contributed by atoms with Crippen molar-refractivity contribution >= 4 is 5.91 Å². The van der Waals surface area contributed by atoms with E-state index in [2.05, 4.69) is 48.7 Å². The summed E-state index contributed by atoms with van der Waals surface area (Å²) in [4.78, 5) is 11.9. The maximum atomic E-state index is 11.9. The molecule has 1 aromatic carbocycles. The highest BCUT2D eigenvalue weighted by Crippen LogP contribution is 2.33. The van der Waals surface area contributed by atoms with E-state index in [1.54, 1.807) is 0 Å². The Morgan fingerprint density at radius 1 is 1.20 bits per heavy atom. The minimum absolute atomic E-state index is 0.0558. The Labute approximate surface area is 152 Å². The summed E-state index contributed by atoms with van der Waals surface area (Å²) in [5.41, 5.74) is 2.69. The largest absolute Gasteiger partial charge is 0.354 e. The SMILES string of the molecule is CC(C)[C@@H](NCC(=O)NCCC#N)c1ccc(C2CCCCC2)cc1. The van der Waals surface area contributed by atoms with Gasteiger partial charge < -0.3 is 10.6 Å². The molecule has 0 unspecified atom stereocenters. The predicted octanol–water partition coefficient (Wildman–Crippen LogP) is 4.05. The molecule has 0 saturated heterocycles. The molecular weight excluding hydrogens is 310 g/mol. The fourth-order valence-electron chi connectivity index (χ4n) is 3.67. The van der Waals surface area contributed by atoms with E-state index in [0.29, 0.717) is 18.9 Å². The van der Waals surface area contributed by atoms with Gasteiger partial charge in [-0.2, -0.15) is 5.26 Å². The zero-order chi connectivity index (χ0) is 18.1. The summed E-state index contributed by atoms with van der Waals surface area (Å²) in [7, 11) is 0.